The van der Waals surface area contributed by atoms with Crippen molar-refractivity contribution in [3.05, 3.63) is 33.7 Å². The smallest absolute Gasteiger partial charge is 0.254 e. The third-order valence-corrected chi connectivity index (χ3v) is 5.51. The highest BCUT2D eigenvalue weighted by molar-refractivity contribution is 5.94. The summed E-state index contributed by atoms with van der Waals surface area (Å²) >= 11 is 0. The molecule has 5 nitrogen and oxygen atoms in total. The number of fused-ring (bicyclic) bond motifs is 1. The first-order valence-electron chi connectivity index (χ1n) is 8.36. The van der Waals surface area contributed by atoms with Crippen LogP contribution in [0.2, 0.25) is 0 Å². The van der Waals surface area contributed by atoms with E-state index in [2.05, 4.69) is 18.8 Å². The van der Waals surface area contributed by atoms with Gasteiger partial charge in [-0.1, -0.05) is 27.7 Å². The number of hydrogen-bond donors (Lipinski definition) is 1. The van der Waals surface area contributed by atoms with Crippen molar-refractivity contribution in [3.8, 4) is 0 Å². The molecule has 1 aromatic heterocycles. The number of aromatic nitrogens is 1. The molecule has 1 saturated heterocycles. The minimum Gasteiger partial charge on any atom is -0.377 e. The molecule has 2 heterocycles. The number of ether oxygens (including phenoxy) is 1. The van der Waals surface area contributed by atoms with Crippen molar-refractivity contribution in [2.24, 2.45) is 11.3 Å². The van der Waals surface area contributed by atoms with Crippen molar-refractivity contribution in [3.63, 3.8) is 0 Å². The highest BCUT2D eigenvalue weighted by Gasteiger charge is 2.61. The molecule has 1 saturated carbocycles. The second-order valence-electron chi connectivity index (χ2n) is 7.77. The number of carbonyl (C=O) groups is 1. The van der Waals surface area contributed by atoms with Crippen LogP contribution in [-0.4, -0.2) is 41.6 Å². The molecule has 0 radical (unpaired) electrons. The van der Waals surface area contributed by atoms with Crippen LogP contribution >= 0.6 is 0 Å². The Bertz CT molecular complexity index is 677. The molecule has 0 aromatic carbocycles. The van der Waals surface area contributed by atoms with Gasteiger partial charge >= 0.3 is 0 Å². The average molecular weight is 318 g/mol. The van der Waals surface area contributed by atoms with Crippen molar-refractivity contribution >= 4 is 5.91 Å². The Kier molecular flexibility index (Phi) is 3.87. The number of pyridine rings is 1. The van der Waals surface area contributed by atoms with Crippen molar-refractivity contribution in [2.75, 3.05) is 13.7 Å². The lowest BCUT2D eigenvalue weighted by Gasteiger charge is -2.57. The monoisotopic (exact) mass is 318 g/mol. The molecule has 0 spiro atoms. The van der Waals surface area contributed by atoms with Gasteiger partial charge in [-0.3, -0.25) is 9.59 Å². The van der Waals surface area contributed by atoms with Crippen LogP contribution in [0.3, 0.4) is 0 Å². The first-order chi connectivity index (χ1) is 10.7. The fourth-order valence-corrected chi connectivity index (χ4v) is 4.41. The van der Waals surface area contributed by atoms with E-state index in [-0.39, 0.29) is 34.9 Å². The number of amides is 1. The largest absolute Gasteiger partial charge is 0.377 e. The number of hydrogen-bond acceptors (Lipinski definition) is 3. The van der Waals surface area contributed by atoms with E-state index in [9.17, 15) is 9.59 Å². The topological polar surface area (TPSA) is 62.4 Å². The average Bonchev–Trinajstić information content (AvgIpc) is 2.91. The van der Waals surface area contributed by atoms with Crippen LogP contribution in [0.15, 0.2) is 16.9 Å². The van der Waals surface area contributed by atoms with Crippen LogP contribution in [0.4, 0.5) is 0 Å². The molecule has 2 aliphatic rings. The summed E-state index contributed by atoms with van der Waals surface area (Å²) < 4.78 is 5.81. The SMILES string of the molecule is CC(C)c1cc(C(=O)N(C)[C@@H]2[C@@H]3CCO[C@@H]3C2(C)C)cc(=O)[nH]1. The molecular weight excluding hydrogens is 292 g/mol. The first-order valence-corrected chi connectivity index (χ1v) is 8.36. The van der Waals surface area contributed by atoms with Gasteiger partial charge in [0.05, 0.1) is 6.10 Å². The second-order valence-corrected chi connectivity index (χ2v) is 7.77. The van der Waals surface area contributed by atoms with Crippen molar-refractivity contribution in [1.82, 2.24) is 9.88 Å². The van der Waals surface area contributed by atoms with Gasteiger partial charge in [0.2, 0.25) is 5.56 Å². The Hall–Kier alpha value is -1.62. The summed E-state index contributed by atoms with van der Waals surface area (Å²) in [6.45, 7) is 9.09. The summed E-state index contributed by atoms with van der Waals surface area (Å²) in [6, 6.07) is 3.36. The van der Waals surface area contributed by atoms with E-state index >= 15 is 0 Å². The van der Waals surface area contributed by atoms with Gasteiger partial charge in [-0.25, -0.2) is 0 Å². The van der Waals surface area contributed by atoms with E-state index in [0.717, 1.165) is 18.7 Å². The van der Waals surface area contributed by atoms with Crippen LogP contribution in [0, 0.1) is 11.3 Å². The lowest BCUT2D eigenvalue weighted by Crippen LogP contribution is -2.66. The van der Waals surface area contributed by atoms with Crippen molar-refractivity contribution < 1.29 is 9.53 Å². The molecule has 5 heteroatoms. The van der Waals surface area contributed by atoms with E-state index in [1.54, 1.807) is 6.07 Å². The lowest BCUT2D eigenvalue weighted by atomic mass is 9.56. The zero-order valence-corrected chi connectivity index (χ0v) is 14.6. The van der Waals surface area contributed by atoms with Crippen molar-refractivity contribution in [1.29, 1.82) is 0 Å². The molecule has 0 bridgehead atoms. The van der Waals surface area contributed by atoms with Crippen LogP contribution in [0.25, 0.3) is 0 Å². The molecule has 0 unspecified atom stereocenters. The quantitative estimate of drug-likeness (QED) is 0.931. The van der Waals surface area contributed by atoms with Gasteiger partial charge in [-0.15, -0.1) is 0 Å². The maximum absolute atomic E-state index is 12.9. The molecule has 1 aromatic rings. The Balaban J connectivity index is 1.87. The highest BCUT2D eigenvalue weighted by atomic mass is 16.5. The van der Waals surface area contributed by atoms with Crippen LogP contribution in [0.1, 0.15) is 56.1 Å². The van der Waals surface area contributed by atoms with Gasteiger partial charge in [-0.05, 0) is 18.4 Å². The van der Waals surface area contributed by atoms with Gasteiger partial charge in [0.25, 0.3) is 5.91 Å². The van der Waals surface area contributed by atoms with E-state index in [1.807, 2.05) is 25.8 Å². The Morgan fingerprint density at radius 2 is 2.09 bits per heavy atom. The number of H-pyrrole nitrogens is 1. The predicted octanol–water partition coefficient (Wildman–Crippen LogP) is 2.38. The Morgan fingerprint density at radius 3 is 2.74 bits per heavy atom. The minimum atomic E-state index is -0.220. The molecule has 1 aliphatic carbocycles. The normalized spacial score (nSPS) is 28.3. The van der Waals surface area contributed by atoms with E-state index < -0.39 is 0 Å². The van der Waals surface area contributed by atoms with Gasteiger partial charge in [0.15, 0.2) is 0 Å². The molecule has 1 aliphatic heterocycles. The highest BCUT2D eigenvalue weighted by Crippen LogP contribution is 2.54. The lowest BCUT2D eigenvalue weighted by molar-refractivity contribution is -0.139. The number of carbonyl (C=O) groups excluding carboxylic acids is 1. The molecule has 23 heavy (non-hydrogen) atoms. The van der Waals surface area contributed by atoms with Crippen LogP contribution in [0.5, 0.6) is 0 Å². The van der Waals surface area contributed by atoms with Gasteiger partial charge in [-0.2, -0.15) is 0 Å². The zero-order valence-electron chi connectivity index (χ0n) is 14.6. The molecule has 126 valence electrons. The maximum atomic E-state index is 12.9. The Morgan fingerprint density at radius 1 is 1.39 bits per heavy atom. The van der Waals surface area contributed by atoms with Gasteiger partial charge in [0, 0.05) is 48.4 Å². The molecule has 3 rings (SSSR count). The van der Waals surface area contributed by atoms with Gasteiger partial charge < -0.3 is 14.6 Å². The maximum Gasteiger partial charge on any atom is 0.254 e. The molecule has 2 fully saturated rings. The summed E-state index contributed by atoms with van der Waals surface area (Å²) in [5.41, 5.74) is 0.999. The standard InChI is InChI=1S/C18H26N2O3/c1-10(2)13-8-11(9-14(21)19-13)17(22)20(5)15-12-6-7-23-16(12)18(15,3)4/h8-10,12,15-16H,6-7H2,1-5H3,(H,19,21)/t12-,15+,16-/m0/s1. The summed E-state index contributed by atoms with van der Waals surface area (Å²) in [5.74, 6) is 0.500. The van der Waals surface area contributed by atoms with Gasteiger partial charge in [0.1, 0.15) is 0 Å². The fourth-order valence-electron chi connectivity index (χ4n) is 4.41. The number of aromatic amines is 1. The number of nitrogens with one attached hydrogen (secondary N) is 1. The molecule has 1 N–H and O–H groups in total. The molecular formula is C18H26N2O3. The predicted molar refractivity (Wildman–Crippen MR) is 88.7 cm³/mol. The zero-order chi connectivity index (χ0) is 16.9. The van der Waals surface area contributed by atoms with Crippen LogP contribution in [-0.2, 0) is 4.74 Å². The molecule has 3 atom stereocenters. The van der Waals surface area contributed by atoms with E-state index in [4.69, 9.17) is 4.74 Å². The summed E-state index contributed by atoms with van der Waals surface area (Å²) in [5, 5.41) is 0. The first kappa shape index (κ1) is 16.2. The summed E-state index contributed by atoms with van der Waals surface area (Å²) in [4.78, 5) is 29.4. The number of nitrogens with zero attached hydrogens (tertiary/aromatic N) is 1. The van der Waals surface area contributed by atoms with Crippen LogP contribution < -0.4 is 5.56 Å². The number of rotatable bonds is 3. The third kappa shape index (κ3) is 2.51. The Labute approximate surface area is 137 Å². The fraction of sp³-hybridized carbons (Fsp3) is 0.667. The summed E-state index contributed by atoms with van der Waals surface area (Å²) in [7, 11) is 1.85. The third-order valence-electron chi connectivity index (χ3n) is 5.51. The summed E-state index contributed by atoms with van der Waals surface area (Å²) in [6.07, 6.45) is 1.25. The second kappa shape index (κ2) is 5.48. The van der Waals surface area contributed by atoms with E-state index in [1.165, 1.54) is 6.07 Å². The van der Waals surface area contributed by atoms with Crippen molar-refractivity contribution in [2.45, 2.75) is 52.2 Å². The minimum absolute atomic E-state index is 0.0480. The molecule has 1 amide bonds. The van der Waals surface area contributed by atoms with E-state index in [0.29, 0.717) is 11.5 Å².